The zero-order valence-electron chi connectivity index (χ0n) is 7.36. The van der Waals surface area contributed by atoms with Gasteiger partial charge in [-0.05, 0) is 19.1 Å². The van der Waals surface area contributed by atoms with Gasteiger partial charge in [-0.2, -0.15) is 0 Å². The molecule has 0 saturated carbocycles. The van der Waals surface area contributed by atoms with Crippen LogP contribution in [0.25, 0.3) is 0 Å². The maximum Gasteiger partial charge on any atom is 0.0869 e. The summed E-state index contributed by atoms with van der Waals surface area (Å²) in [4.78, 5) is 5.96. The lowest BCUT2D eigenvalue weighted by atomic mass is 10.3. The second-order valence-corrected chi connectivity index (χ2v) is 2.66. The van der Waals surface area contributed by atoms with Gasteiger partial charge in [-0.15, -0.1) is 6.42 Å². The molecule has 0 amide bonds. The number of hydrogen-bond acceptors (Lipinski definition) is 2. The molecule has 2 heteroatoms. The minimum absolute atomic E-state index is 0.118. The number of nitrogens with zero attached hydrogens (tertiary/aromatic N) is 2. The van der Waals surface area contributed by atoms with Crippen molar-refractivity contribution in [2.75, 3.05) is 11.9 Å². The lowest BCUT2D eigenvalue weighted by molar-refractivity contribution is 0.846. The van der Waals surface area contributed by atoms with E-state index >= 15 is 0 Å². The van der Waals surface area contributed by atoms with Gasteiger partial charge in [-0.25, -0.2) is 0 Å². The van der Waals surface area contributed by atoms with Crippen molar-refractivity contribution in [2.24, 2.45) is 0 Å². The molecule has 0 bridgehead atoms. The molecule has 62 valence electrons. The van der Waals surface area contributed by atoms with Crippen LogP contribution >= 0.6 is 0 Å². The molecule has 0 aromatic carbocycles. The summed E-state index contributed by atoms with van der Waals surface area (Å²) >= 11 is 0. The van der Waals surface area contributed by atoms with E-state index in [2.05, 4.69) is 10.9 Å². The molecule has 0 spiro atoms. The summed E-state index contributed by atoms with van der Waals surface area (Å²) in [5, 5.41) is 0. The van der Waals surface area contributed by atoms with E-state index in [9.17, 15) is 0 Å². The van der Waals surface area contributed by atoms with Crippen molar-refractivity contribution >= 4 is 5.69 Å². The Morgan fingerprint density at radius 3 is 2.58 bits per heavy atom. The van der Waals surface area contributed by atoms with E-state index in [0.717, 1.165) is 5.69 Å². The molecule has 1 aromatic heterocycles. The van der Waals surface area contributed by atoms with Crippen LogP contribution in [0.4, 0.5) is 5.69 Å². The van der Waals surface area contributed by atoms with E-state index in [1.54, 1.807) is 12.4 Å². The lowest BCUT2D eigenvalue weighted by Crippen LogP contribution is -2.26. The van der Waals surface area contributed by atoms with E-state index in [0.29, 0.717) is 0 Å². The molecule has 12 heavy (non-hydrogen) atoms. The van der Waals surface area contributed by atoms with Crippen molar-refractivity contribution in [1.29, 1.82) is 0 Å². The van der Waals surface area contributed by atoms with Crippen molar-refractivity contribution in [1.82, 2.24) is 4.98 Å². The number of pyridine rings is 1. The predicted molar refractivity (Wildman–Crippen MR) is 50.9 cm³/mol. The van der Waals surface area contributed by atoms with Crippen LogP contribution in [0.3, 0.4) is 0 Å². The summed E-state index contributed by atoms with van der Waals surface area (Å²) in [6, 6.07) is 3.99. The standard InChI is InChI=1S/C10H12N2/c1-4-9(2)12(3)10-5-7-11-8-6-10/h1,5-9H,2-3H3. The van der Waals surface area contributed by atoms with Gasteiger partial charge in [-0.3, -0.25) is 4.98 Å². The zero-order chi connectivity index (χ0) is 8.97. The lowest BCUT2D eigenvalue weighted by Gasteiger charge is -2.22. The maximum absolute atomic E-state index is 5.30. The SMILES string of the molecule is C#CC(C)N(C)c1ccncc1. The largest absolute Gasteiger partial charge is 0.361 e. The van der Waals surface area contributed by atoms with Crippen molar-refractivity contribution in [3.05, 3.63) is 24.5 Å². The normalized spacial score (nSPS) is 11.8. The zero-order valence-corrected chi connectivity index (χ0v) is 7.36. The van der Waals surface area contributed by atoms with Gasteiger partial charge in [0, 0.05) is 25.1 Å². The van der Waals surface area contributed by atoms with Crippen molar-refractivity contribution < 1.29 is 0 Å². The number of terminal acetylenes is 1. The highest BCUT2D eigenvalue weighted by Crippen LogP contribution is 2.11. The molecule has 1 heterocycles. The third-order valence-electron chi connectivity index (χ3n) is 1.89. The quantitative estimate of drug-likeness (QED) is 0.610. The monoisotopic (exact) mass is 160 g/mol. The second kappa shape index (κ2) is 3.77. The summed E-state index contributed by atoms with van der Waals surface area (Å²) in [5.74, 6) is 2.67. The average molecular weight is 160 g/mol. The molecule has 1 rings (SSSR count). The minimum atomic E-state index is 0.118. The summed E-state index contributed by atoms with van der Waals surface area (Å²) in [5.41, 5.74) is 1.09. The average Bonchev–Trinajstić information content (AvgIpc) is 2.17. The van der Waals surface area contributed by atoms with E-state index in [1.165, 1.54) is 0 Å². The first kappa shape index (κ1) is 8.61. The summed E-state index contributed by atoms with van der Waals surface area (Å²) in [6.07, 6.45) is 8.82. The Labute approximate surface area is 73.2 Å². The third-order valence-corrected chi connectivity index (χ3v) is 1.89. The van der Waals surface area contributed by atoms with E-state index in [1.807, 2.05) is 31.0 Å². The summed E-state index contributed by atoms with van der Waals surface area (Å²) < 4.78 is 0. The Morgan fingerprint density at radius 1 is 1.50 bits per heavy atom. The molecular weight excluding hydrogens is 148 g/mol. The molecule has 0 saturated heterocycles. The fourth-order valence-corrected chi connectivity index (χ4v) is 0.915. The van der Waals surface area contributed by atoms with Gasteiger partial charge in [-0.1, -0.05) is 5.92 Å². The minimum Gasteiger partial charge on any atom is -0.361 e. The predicted octanol–water partition coefficient (Wildman–Crippen LogP) is 1.54. The van der Waals surface area contributed by atoms with Crippen molar-refractivity contribution in [2.45, 2.75) is 13.0 Å². The molecule has 2 nitrogen and oxygen atoms in total. The smallest absolute Gasteiger partial charge is 0.0869 e. The molecule has 0 fully saturated rings. The van der Waals surface area contributed by atoms with Crippen LogP contribution < -0.4 is 4.90 Å². The number of anilines is 1. The second-order valence-electron chi connectivity index (χ2n) is 2.66. The van der Waals surface area contributed by atoms with Crippen LogP contribution in [0.1, 0.15) is 6.92 Å². The highest BCUT2D eigenvalue weighted by atomic mass is 15.1. The topological polar surface area (TPSA) is 16.1 Å². The number of aromatic nitrogens is 1. The third kappa shape index (κ3) is 1.76. The maximum atomic E-state index is 5.30. The summed E-state index contributed by atoms with van der Waals surface area (Å²) in [7, 11) is 1.97. The number of rotatable bonds is 2. The van der Waals surface area contributed by atoms with E-state index in [-0.39, 0.29) is 6.04 Å². The molecule has 1 atom stereocenters. The fourth-order valence-electron chi connectivity index (χ4n) is 0.915. The van der Waals surface area contributed by atoms with Crippen LogP contribution in [-0.2, 0) is 0 Å². The molecule has 0 radical (unpaired) electrons. The van der Waals surface area contributed by atoms with Crippen LogP contribution in [0, 0.1) is 12.3 Å². The first-order chi connectivity index (χ1) is 5.75. The Hall–Kier alpha value is -1.49. The Morgan fingerprint density at radius 2 is 2.08 bits per heavy atom. The Kier molecular flexibility index (Phi) is 2.71. The van der Waals surface area contributed by atoms with Gasteiger partial charge in [0.2, 0.25) is 0 Å². The van der Waals surface area contributed by atoms with Crippen molar-refractivity contribution in [3.8, 4) is 12.3 Å². The van der Waals surface area contributed by atoms with Gasteiger partial charge in [0.15, 0.2) is 0 Å². The Balaban J connectivity index is 2.80. The van der Waals surface area contributed by atoms with Crippen LogP contribution in [0.15, 0.2) is 24.5 Å². The van der Waals surface area contributed by atoms with Crippen LogP contribution in [-0.4, -0.2) is 18.1 Å². The first-order valence-corrected chi connectivity index (χ1v) is 3.84. The molecule has 0 N–H and O–H groups in total. The highest BCUT2D eigenvalue weighted by Gasteiger charge is 2.04. The Bertz CT molecular complexity index is 274. The van der Waals surface area contributed by atoms with Crippen LogP contribution in [0.5, 0.6) is 0 Å². The highest BCUT2D eigenvalue weighted by molar-refractivity contribution is 5.46. The first-order valence-electron chi connectivity index (χ1n) is 3.84. The molecule has 0 aliphatic carbocycles. The molecule has 0 aliphatic rings. The van der Waals surface area contributed by atoms with Gasteiger partial charge in [0.05, 0.1) is 6.04 Å². The molecule has 1 aromatic rings. The van der Waals surface area contributed by atoms with Gasteiger partial charge in [0.1, 0.15) is 0 Å². The van der Waals surface area contributed by atoms with Gasteiger partial charge >= 0.3 is 0 Å². The molecule has 1 unspecified atom stereocenters. The van der Waals surface area contributed by atoms with Gasteiger partial charge in [0.25, 0.3) is 0 Å². The van der Waals surface area contributed by atoms with E-state index in [4.69, 9.17) is 6.42 Å². The molecule has 0 aliphatic heterocycles. The fraction of sp³-hybridized carbons (Fsp3) is 0.300. The number of hydrogen-bond donors (Lipinski definition) is 0. The van der Waals surface area contributed by atoms with E-state index < -0.39 is 0 Å². The van der Waals surface area contributed by atoms with Crippen LogP contribution in [0.2, 0.25) is 0 Å². The van der Waals surface area contributed by atoms with Gasteiger partial charge < -0.3 is 4.90 Å². The van der Waals surface area contributed by atoms with Crippen molar-refractivity contribution in [3.63, 3.8) is 0 Å². The molecular formula is C10H12N2. The summed E-state index contributed by atoms with van der Waals surface area (Å²) in [6.45, 7) is 1.99.